The van der Waals surface area contributed by atoms with Gasteiger partial charge in [0, 0.05) is 17.8 Å². The van der Waals surface area contributed by atoms with Crippen molar-refractivity contribution in [1.82, 2.24) is 4.90 Å². The van der Waals surface area contributed by atoms with Gasteiger partial charge in [-0.2, -0.15) is 0 Å². The fraction of sp³-hybridized carbons (Fsp3) is 0.571. The second kappa shape index (κ2) is 9.08. The molecule has 1 aromatic rings. The third-order valence-corrected chi connectivity index (χ3v) is 4.55. The average molecular weight is 390 g/mol. The van der Waals surface area contributed by atoms with Crippen LogP contribution in [-0.4, -0.2) is 47.2 Å². The maximum Gasteiger partial charge on any atom is 0.412 e. The first-order chi connectivity index (χ1) is 13.1. The van der Waals surface area contributed by atoms with Crippen molar-refractivity contribution in [3.05, 3.63) is 29.8 Å². The summed E-state index contributed by atoms with van der Waals surface area (Å²) < 4.78 is 10.4. The van der Waals surface area contributed by atoms with Crippen molar-refractivity contribution in [2.24, 2.45) is 0 Å². The largest absolute Gasteiger partial charge is 0.452 e. The smallest absolute Gasteiger partial charge is 0.412 e. The Morgan fingerprint density at radius 2 is 1.79 bits per heavy atom. The van der Waals surface area contributed by atoms with Gasteiger partial charge >= 0.3 is 12.1 Å². The lowest BCUT2D eigenvalue weighted by Crippen LogP contribution is -2.49. The number of carbonyl (C=O) groups excluding carboxylic acids is 3. The molecule has 1 fully saturated rings. The molecule has 0 bridgehead atoms. The van der Waals surface area contributed by atoms with Gasteiger partial charge in [0.1, 0.15) is 5.60 Å². The highest BCUT2D eigenvalue weighted by molar-refractivity contribution is 5.94. The maximum atomic E-state index is 12.5. The number of amides is 2. The minimum atomic E-state index is -0.621. The van der Waals surface area contributed by atoms with E-state index in [0.717, 1.165) is 19.3 Å². The van der Waals surface area contributed by atoms with Crippen LogP contribution in [0, 0.1) is 0 Å². The highest BCUT2D eigenvalue weighted by Gasteiger charge is 2.29. The fourth-order valence-electron chi connectivity index (χ4n) is 3.34. The first kappa shape index (κ1) is 21.7. The number of carbonyl (C=O) groups is 3. The van der Waals surface area contributed by atoms with Crippen molar-refractivity contribution in [1.29, 1.82) is 0 Å². The van der Waals surface area contributed by atoms with E-state index in [-0.39, 0.29) is 30.2 Å². The highest BCUT2D eigenvalue weighted by atomic mass is 16.6. The quantitative estimate of drug-likeness (QED) is 0.786. The van der Waals surface area contributed by atoms with Gasteiger partial charge in [0.2, 0.25) is 0 Å². The van der Waals surface area contributed by atoms with Crippen molar-refractivity contribution >= 4 is 23.7 Å². The van der Waals surface area contributed by atoms with Crippen LogP contribution in [-0.2, 0) is 14.3 Å². The number of piperidine rings is 1. The Morgan fingerprint density at radius 3 is 2.39 bits per heavy atom. The minimum Gasteiger partial charge on any atom is -0.452 e. The summed E-state index contributed by atoms with van der Waals surface area (Å²) in [6.07, 6.45) is 2.41. The van der Waals surface area contributed by atoms with Crippen LogP contribution in [0.5, 0.6) is 0 Å². The molecule has 7 nitrogen and oxygen atoms in total. The van der Waals surface area contributed by atoms with Crippen LogP contribution < -0.4 is 5.32 Å². The van der Waals surface area contributed by atoms with Gasteiger partial charge in [-0.25, -0.2) is 9.59 Å². The van der Waals surface area contributed by atoms with E-state index in [4.69, 9.17) is 9.47 Å². The second-order valence-corrected chi connectivity index (χ2v) is 8.21. The molecule has 2 rings (SSSR count). The Bertz CT molecular complexity index is 716. The molecule has 2 atom stereocenters. The topological polar surface area (TPSA) is 84.9 Å². The summed E-state index contributed by atoms with van der Waals surface area (Å²) >= 11 is 0. The van der Waals surface area contributed by atoms with Crippen molar-refractivity contribution in [2.75, 3.05) is 11.9 Å². The SMILES string of the molecule is C[C@@H]1CCC[C@@H](C)N1C(=O)COC(=O)c1cccc(NC(=O)OC(C)(C)C)c1. The Balaban J connectivity index is 1.93. The average Bonchev–Trinajstić information content (AvgIpc) is 2.58. The van der Waals surface area contributed by atoms with Gasteiger partial charge in [-0.3, -0.25) is 10.1 Å². The number of hydrogen-bond donors (Lipinski definition) is 1. The predicted octanol–water partition coefficient (Wildman–Crippen LogP) is 3.98. The molecule has 1 heterocycles. The summed E-state index contributed by atoms with van der Waals surface area (Å²) in [5.74, 6) is -0.797. The van der Waals surface area contributed by atoms with Gasteiger partial charge in [-0.1, -0.05) is 6.07 Å². The highest BCUT2D eigenvalue weighted by Crippen LogP contribution is 2.22. The van der Waals surface area contributed by atoms with Crippen LogP contribution in [0.2, 0.25) is 0 Å². The second-order valence-electron chi connectivity index (χ2n) is 8.21. The third-order valence-electron chi connectivity index (χ3n) is 4.55. The molecular weight excluding hydrogens is 360 g/mol. The summed E-state index contributed by atoms with van der Waals surface area (Å²) in [5, 5.41) is 2.58. The Kier molecular flexibility index (Phi) is 7.05. The number of esters is 1. The number of nitrogens with zero attached hydrogens (tertiary/aromatic N) is 1. The van der Waals surface area contributed by atoms with E-state index in [0.29, 0.717) is 5.69 Å². The van der Waals surface area contributed by atoms with Crippen LogP contribution >= 0.6 is 0 Å². The lowest BCUT2D eigenvalue weighted by Gasteiger charge is -2.38. The molecule has 154 valence electrons. The number of likely N-dealkylation sites (tertiary alicyclic amines) is 1. The number of benzene rings is 1. The van der Waals surface area contributed by atoms with Crippen molar-refractivity contribution in [2.45, 2.75) is 71.6 Å². The monoisotopic (exact) mass is 390 g/mol. The zero-order valence-electron chi connectivity index (χ0n) is 17.3. The van der Waals surface area contributed by atoms with E-state index in [1.165, 1.54) is 6.07 Å². The molecule has 1 N–H and O–H groups in total. The van der Waals surface area contributed by atoms with E-state index < -0.39 is 17.7 Å². The van der Waals surface area contributed by atoms with Gasteiger partial charge in [0.25, 0.3) is 5.91 Å². The van der Waals surface area contributed by atoms with Gasteiger partial charge < -0.3 is 14.4 Å². The number of anilines is 1. The van der Waals surface area contributed by atoms with E-state index in [1.54, 1.807) is 43.9 Å². The molecule has 0 aromatic heterocycles. The van der Waals surface area contributed by atoms with Crippen molar-refractivity contribution in [3.8, 4) is 0 Å². The maximum absolute atomic E-state index is 12.5. The van der Waals surface area contributed by atoms with Crippen LogP contribution in [0.15, 0.2) is 24.3 Å². The minimum absolute atomic E-state index is 0.149. The summed E-state index contributed by atoms with van der Waals surface area (Å²) in [6, 6.07) is 6.62. The zero-order chi connectivity index (χ0) is 20.9. The summed E-state index contributed by atoms with van der Waals surface area (Å²) in [4.78, 5) is 38.5. The lowest BCUT2D eigenvalue weighted by atomic mass is 9.97. The van der Waals surface area contributed by atoms with Gasteiger partial charge in [0.05, 0.1) is 5.56 Å². The van der Waals surface area contributed by atoms with E-state index >= 15 is 0 Å². The van der Waals surface area contributed by atoms with Crippen LogP contribution in [0.4, 0.5) is 10.5 Å². The Morgan fingerprint density at radius 1 is 1.14 bits per heavy atom. The first-order valence-electron chi connectivity index (χ1n) is 9.65. The molecule has 1 aliphatic heterocycles. The summed E-state index contributed by atoms with van der Waals surface area (Å²) in [6.45, 7) is 9.03. The fourth-order valence-corrected chi connectivity index (χ4v) is 3.34. The van der Waals surface area contributed by atoms with Gasteiger partial charge in [-0.05, 0) is 72.1 Å². The molecule has 1 aliphatic rings. The molecule has 0 spiro atoms. The molecule has 0 radical (unpaired) electrons. The molecule has 2 amide bonds. The lowest BCUT2D eigenvalue weighted by molar-refractivity contribution is -0.140. The third kappa shape index (κ3) is 6.25. The molecule has 7 heteroatoms. The Hall–Kier alpha value is -2.57. The van der Waals surface area contributed by atoms with Crippen molar-refractivity contribution < 1.29 is 23.9 Å². The van der Waals surface area contributed by atoms with Crippen molar-refractivity contribution in [3.63, 3.8) is 0 Å². The predicted molar refractivity (Wildman–Crippen MR) is 106 cm³/mol. The molecule has 0 aliphatic carbocycles. The van der Waals surface area contributed by atoms with E-state index in [2.05, 4.69) is 5.32 Å². The molecule has 1 saturated heterocycles. The van der Waals surface area contributed by atoms with Gasteiger partial charge in [0.15, 0.2) is 6.61 Å². The Labute approximate surface area is 166 Å². The molecule has 0 unspecified atom stereocenters. The number of hydrogen-bond acceptors (Lipinski definition) is 5. The summed E-state index contributed by atoms with van der Waals surface area (Å²) in [5.41, 5.74) is 0.0402. The number of ether oxygens (including phenoxy) is 2. The molecular formula is C21H30N2O5. The number of rotatable bonds is 4. The normalized spacial score (nSPS) is 19.7. The van der Waals surface area contributed by atoms with Gasteiger partial charge in [-0.15, -0.1) is 0 Å². The van der Waals surface area contributed by atoms with E-state index in [1.807, 2.05) is 13.8 Å². The summed E-state index contributed by atoms with van der Waals surface area (Å²) in [7, 11) is 0. The van der Waals surface area contributed by atoms with E-state index in [9.17, 15) is 14.4 Å². The number of nitrogens with one attached hydrogen (secondary N) is 1. The van der Waals surface area contributed by atoms with Crippen LogP contribution in [0.1, 0.15) is 64.2 Å². The molecule has 0 saturated carbocycles. The van der Waals surface area contributed by atoms with Crippen LogP contribution in [0.25, 0.3) is 0 Å². The molecule has 1 aromatic carbocycles. The standard InChI is InChI=1S/C21H30N2O5/c1-14-8-6-9-15(2)23(14)18(24)13-27-19(25)16-10-7-11-17(12-16)22-20(26)28-21(3,4)5/h7,10-12,14-15H,6,8-9,13H2,1-5H3,(H,22,26)/t14-,15-/m1/s1. The zero-order valence-corrected chi connectivity index (χ0v) is 17.3. The molecule has 28 heavy (non-hydrogen) atoms. The van der Waals surface area contributed by atoms with Crippen LogP contribution in [0.3, 0.4) is 0 Å². The first-order valence-corrected chi connectivity index (χ1v) is 9.65.